The van der Waals surface area contributed by atoms with E-state index >= 15 is 0 Å². The molecule has 3 N–H and O–H groups in total. The molecule has 0 saturated carbocycles. The van der Waals surface area contributed by atoms with E-state index in [1.165, 1.54) is 4.90 Å². The number of aromatic nitrogens is 3. The number of likely N-dealkylation sites (tertiary alicyclic amines) is 1. The van der Waals surface area contributed by atoms with Gasteiger partial charge in [0.05, 0.1) is 23.8 Å². The fourth-order valence-corrected chi connectivity index (χ4v) is 4.93. The largest absolute Gasteiger partial charge is 0.497 e. The Morgan fingerprint density at radius 3 is 2.64 bits per heavy atom. The summed E-state index contributed by atoms with van der Waals surface area (Å²) in [7, 11) is 3.57. The van der Waals surface area contributed by atoms with Crippen LogP contribution in [0.5, 0.6) is 5.75 Å². The van der Waals surface area contributed by atoms with E-state index < -0.39 is 23.7 Å². The summed E-state index contributed by atoms with van der Waals surface area (Å²) in [5.41, 5.74) is 2.72. The van der Waals surface area contributed by atoms with Crippen molar-refractivity contribution in [2.24, 2.45) is 0 Å². The molecule has 1 aromatic carbocycles. The van der Waals surface area contributed by atoms with Crippen molar-refractivity contribution >= 4 is 28.9 Å². The van der Waals surface area contributed by atoms with Crippen molar-refractivity contribution in [3.05, 3.63) is 36.2 Å². The summed E-state index contributed by atoms with van der Waals surface area (Å²) in [4.78, 5) is 35.5. The van der Waals surface area contributed by atoms with Gasteiger partial charge >= 0.3 is 12.1 Å². The number of benzene rings is 1. The zero-order valence-electron chi connectivity index (χ0n) is 23.4. The van der Waals surface area contributed by atoms with E-state index in [-0.39, 0.29) is 19.0 Å². The summed E-state index contributed by atoms with van der Waals surface area (Å²) in [6.07, 6.45) is 0.548. The number of fused-ring (bicyclic) bond motifs is 1. The highest BCUT2D eigenvalue weighted by Gasteiger charge is 2.41. The molecule has 1 aliphatic heterocycles. The summed E-state index contributed by atoms with van der Waals surface area (Å²) >= 11 is 0. The maximum Gasteiger partial charge on any atom is 0.411 e. The van der Waals surface area contributed by atoms with Crippen molar-refractivity contribution in [3.8, 4) is 17.0 Å². The lowest BCUT2D eigenvalue weighted by molar-refractivity contribution is -0.142. The molecule has 0 spiro atoms. The lowest BCUT2D eigenvalue weighted by Gasteiger charge is -2.26. The van der Waals surface area contributed by atoms with Crippen molar-refractivity contribution in [2.45, 2.75) is 64.8 Å². The molecular weight excluding hydrogens is 500 g/mol. The van der Waals surface area contributed by atoms with E-state index in [4.69, 9.17) is 19.4 Å². The van der Waals surface area contributed by atoms with Crippen LogP contribution in [-0.2, 0) is 16.1 Å². The molecule has 0 aliphatic carbocycles. The summed E-state index contributed by atoms with van der Waals surface area (Å²) in [5.74, 6) is 1.12. The summed E-state index contributed by atoms with van der Waals surface area (Å²) in [6.45, 7) is 9.15. The van der Waals surface area contributed by atoms with Gasteiger partial charge in [-0.2, -0.15) is 0 Å². The van der Waals surface area contributed by atoms with Crippen molar-refractivity contribution in [2.75, 3.05) is 32.6 Å². The number of hydrogen-bond donors (Lipinski definition) is 3. The molecule has 1 aliphatic rings. The third kappa shape index (κ3) is 6.42. The van der Waals surface area contributed by atoms with Crippen LogP contribution in [0.15, 0.2) is 30.3 Å². The number of anilines is 1. The van der Waals surface area contributed by atoms with Crippen LogP contribution >= 0.6 is 0 Å². The van der Waals surface area contributed by atoms with Crippen molar-refractivity contribution < 1.29 is 24.2 Å². The second kappa shape index (κ2) is 11.5. The van der Waals surface area contributed by atoms with Gasteiger partial charge in [-0.05, 0) is 65.9 Å². The topological polar surface area (TPSA) is 131 Å². The molecule has 11 heteroatoms. The molecule has 1 saturated heterocycles. The molecule has 2 atom stereocenters. The number of rotatable bonds is 9. The number of imidazole rings is 1. The standard InChI is InChI=1S/C28H38N6O5/c1-17-30-22-15-19(38-6)14-20(25(22)33(17)12-8-11-29-5)21-9-7-10-24(32-21)31-18-13-23(26(35)36)34(16-18)27(37)39-28(2,3)4/h7,9-10,14-15,18,23,29H,8,11-13,16H2,1-6H3,(H,31,32)(H,35,36)/t18-,23-/m0/s1. The van der Waals surface area contributed by atoms with E-state index in [2.05, 4.69) is 15.2 Å². The van der Waals surface area contributed by atoms with Crippen LogP contribution in [0.3, 0.4) is 0 Å². The number of aliphatic carboxylic acids is 1. The number of pyridine rings is 1. The Labute approximate surface area is 228 Å². The number of carbonyl (C=O) groups is 2. The van der Waals surface area contributed by atoms with Gasteiger partial charge in [-0.15, -0.1) is 0 Å². The number of ether oxygens (including phenoxy) is 2. The van der Waals surface area contributed by atoms with Crippen LogP contribution in [0.2, 0.25) is 0 Å². The summed E-state index contributed by atoms with van der Waals surface area (Å²) in [5, 5.41) is 16.3. The number of nitrogens with zero attached hydrogens (tertiary/aromatic N) is 4. The minimum Gasteiger partial charge on any atom is -0.497 e. The van der Waals surface area contributed by atoms with Gasteiger partial charge in [-0.25, -0.2) is 19.6 Å². The van der Waals surface area contributed by atoms with Crippen LogP contribution in [0, 0.1) is 6.92 Å². The monoisotopic (exact) mass is 538 g/mol. The lowest BCUT2D eigenvalue weighted by atomic mass is 10.1. The number of nitrogens with one attached hydrogen (secondary N) is 2. The average Bonchev–Trinajstić information content (AvgIpc) is 3.43. The van der Waals surface area contributed by atoms with Gasteiger partial charge in [0.2, 0.25) is 0 Å². The molecule has 3 aromatic rings. The molecule has 1 amide bonds. The highest BCUT2D eigenvalue weighted by Crippen LogP contribution is 2.34. The van der Waals surface area contributed by atoms with Gasteiger partial charge in [0, 0.05) is 37.2 Å². The van der Waals surface area contributed by atoms with Crippen LogP contribution in [-0.4, -0.2) is 81.5 Å². The molecule has 4 rings (SSSR count). The van der Waals surface area contributed by atoms with E-state index in [0.29, 0.717) is 11.6 Å². The Bertz CT molecular complexity index is 1350. The van der Waals surface area contributed by atoms with E-state index in [0.717, 1.165) is 47.6 Å². The molecular formula is C28H38N6O5. The third-order valence-corrected chi connectivity index (χ3v) is 6.64. The summed E-state index contributed by atoms with van der Waals surface area (Å²) < 4.78 is 13.2. The molecule has 0 radical (unpaired) electrons. The number of carbonyl (C=O) groups excluding carboxylic acids is 1. The average molecular weight is 539 g/mol. The first kappa shape index (κ1) is 28.2. The van der Waals surface area contributed by atoms with Gasteiger partial charge < -0.3 is 29.8 Å². The summed E-state index contributed by atoms with van der Waals surface area (Å²) in [6, 6.07) is 8.28. The van der Waals surface area contributed by atoms with E-state index in [9.17, 15) is 14.7 Å². The van der Waals surface area contributed by atoms with Gasteiger partial charge in [0.15, 0.2) is 0 Å². The SMILES string of the molecule is CNCCCn1c(C)nc2cc(OC)cc(-c3cccc(N[C@H]4C[C@@H](C(=O)O)N(C(=O)OC(C)(C)C)C4)n3)c21. The first-order valence-corrected chi connectivity index (χ1v) is 13.2. The number of amides is 1. The molecule has 2 aromatic heterocycles. The third-order valence-electron chi connectivity index (χ3n) is 6.64. The Kier molecular flexibility index (Phi) is 8.29. The van der Waals surface area contributed by atoms with Crippen molar-refractivity contribution in [1.82, 2.24) is 24.8 Å². The molecule has 1 fully saturated rings. The molecule has 0 bridgehead atoms. The van der Waals surface area contributed by atoms with Crippen LogP contribution in [0.4, 0.5) is 10.6 Å². The minimum atomic E-state index is -1.06. The van der Waals surface area contributed by atoms with Crippen molar-refractivity contribution in [1.29, 1.82) is 0 Å². The Hall–Kier alpha value is -3.86. The Balaban J connectivity index is 1.63. The highest BCUT2D eigenvalue weighted by molar-refractivity contribution is 5.93. The second-order valence-corrected chi connectivity index (χ2v) is 10.8. The normalized spacial score (nSPS) is 17.4. The van der Waals surface area contributed by atoms with Crippen molar-refractivity contribution in [3.63, 3.8) is 0 Å². The van der Waals surface area contributed by atoms with Gasteiger partial charge in [-0.1, -0.05) is 6.07 Å². The molecule has 3 heterocycles. The molecule has 210 valence electrons. The highest BCUT2D eigenvalue weighted by atomic mass is 16.6. The lowest BCUT2D eigenvalue weighted by Crippen LogP contribution is -2.43. The quantitative estimate of drug-likeness (QED) is 0.347. The Morgan fingerprint density at radius 1 is 1.21 bits per heavy atom. The first-order valence-electron chi connectivity index (χ1n) is 13.2. The predicted octanol–water partition coefficient (Wildman–Crippen LogP) is 3.90. The number of aryl methyl sites for hydroxylation is 2. The van der Waals surface area contributed by atoms with E-state index in [1.807, 2.05) is 44.3 Å². The number of carboxylic acid groups (broad SMARTS) is 1. The maximum atomic E-state index is 12.7. The molecule has 11 nitrogen and oxygen atoms in total. The zero-order chi connectivity index (χ0) is 28.3. The van der Waals surface area contributed by atoms with Crippen LogP contribution in [0.25, 0.3) is 22.3 Å². The number of hydrogen-bond acceptors (Lipinski definition) is 8. The number of methoxy groups -OCH3 is 1. The predicted molar refractivity (Wildman–Crippen MR) is 149 cm³/mol. The van der Waals surface area contributed by atoms with Gasteiger partial charge in [0.25, 0.3) is 0 Å². The number of carboxylic acids is 1. The fourth-order valence-electron chi connectivity index (χ4n) is 4.93. The van der Waals surface area contributed by atoms with Crippen LogP contribution in [0.1, 0.15) is 39.4 Å². The first-order chi connectivity index (χ1) is 18.5. The Morgan fingerprint density at radius 2 is 1.97 bits per heavy atom. The fraction of sp³-hybridized carbons (Fsp3) is 0.500. The maximum absolute atomic E-state index is 12.7. The second-order valence-electron chi connectivity index (χ2n) is 10.8. The van der Waals surface area contributed by atoms with Gasteiger partial charge in [-0.3, -0.25) is 4.90 Å². The van der Waals surface area contributed by atoms with Gasteiger partial charge in [0.1, 0.15) is 29.0 Å². The molecule has 39 heavy (non-hydrogen) atoms. The van der Waals surface area contributed by atoms with E-state index in [1.54, 1.807) is 27.9 Å². The van der Waals surface area contributed by atoms with Crippen LogP contribution < -0.4 is 15.4 Å². The smallest absolute Gasteiger partial charge is 0.411 e. The minimum absolute atomic E-state index is 0.193. The zero-order valence-corrected chi connectivity index (χ0v) is 23.4. The molecule has 0 unspecified atom stereocenters.